The molecule has 0 bridgehead atoms. The van der Waals surface area contributed by atoms with Crippen LogP contribution in [-0.2, 0) is 16.6 Å². The third-order valence-corrected chi connectivity index (χ3v) is 5.81. The van der Waals surface area contributed by atoms with E-state index in [-0.39, 0.29) is 17.0 Å². The van der Waals surface area contributed by atoms with Crippen molar-refractivity contribution in [2.45, 2.75) is 38.6 Å². The van der Waals surface area contributed by atoms with Crippen LogP contribution in [0.25, 0.3) is 0 Å². The number of nitrogens with zero attached hydrogens (tertiary/aromatic N) is 1. The second-order valence-electron chi connectivity index (χ2n) is 6.19. The van der Waals surface area contributed by atoms with Crippen LogP contribution >= 0.6 is 0 Å². The lowest BCUT2D eigenvalue weighted by Crippen LogP contribution is -2.42. The average Bonchev–Trinajstić information content (AvgIpc) is 2.40. The number of rotatable bonds is 3. The molecule has 1 heterocycles. The average molecular weight is 314 g/mol. The van der Waals surface area contributed by atoms with Crippen molar-refractivity contribution in [2.24, 2.45) is 17.6 Å². The summed E-state index contributed by atoms with van der Waals surface area (Å²) in [6.45, 7) is 6.69. The summed E-state index contributed by atoms with van der Waals surface area (Å²) in [7, 11) is -3.59. The molecule has 2 rings (SSSR count). The van der Waals surface area contributed by atoms with E-state index in [9.17, 15) is 12.8 Å². The molecule has 4 nitrogen and oxygen atoms in total. The summed E-state index contributed by atoms with van der Waals surface area (Å²) in [4.78, 5) is 0.142. The van der Waals surface area contributed by atoms with Gasteiger partial charge in [-0.3, -0.25) is 0 Å². The van der Waals surface area contributed by atoms with Crippen molar-refractivity contribution < 1.29 is 12.8 Å². The molecule has 0 amide bonds. The van der Waals surface area contributed by atoms with Gasteiger partial charge in [0.05, 0.1) is 4.90 Å². The molecule has 1 aliphatic rings. The summed E-state index contributed by atoms with van der Waals surface area (Å²) in [5.41, 5.74) is 6.06. The molecule has 118 valence electrons. The summed E-state index contributed by atoms with van der Waals surface area (Å²) in [5, 5.41) is 0. The number of nitrogens with two attached hydrogens (primary N) is 1. The van der Waals surface area contributed by atoms with E-state index in [1.807, 2.05) is 0 Å². The maximum Gasteiger partial charge on any atom is 0.243 e. The van der Waals surface area contributed by atoms with Crippen LogP contribution in [0.5, 0.6) is 0 Å². The molecular weight excluding hydrogens is 291 g/mol. The molecule has 1 aromatic rings. The molecule has 21 heavy (non-hydrogen) atoms. The lowest BCUT2D eigenvalue weighted by Gasteiger charge is -2.34. The fourth-order valence-corrected chi connectivity index (χ4v) is 4.87. The SMILES string of the molecule is Cc1cc(S(=O)(=O)N2CC(C)CC(C)C2)cc(CN)c1F. The van der Waals surface area contributed by atoms with Gasteiger partial charge >= 0.3 is 0 Å². The van der Waals surface area contributed by atoms with Gasteiger partial charge in [0.25, 0.3) is 0 Å². The van der Waals surface area contributed by atoms with Crippen molar-refractivity contribution >= 4 is 10.0 Å². The molecule has 2 N–H and O–H groups in total. The van der Waals surface area contributed by atoms with E-state index in [4.69, 9.17) is 5.73 Å². The summed E-state index contributed by atoms with van der Waals surface area (Å²) in [5.74, 6) is 0.245. The minimum atomic E-state index is -3.59. The third kappa shape index (κ3) is 3.27. The zero-order valence-corrected chi connectivity index (χ0v) is 13.6. The van der Waals surface area contributed by atoms with Gasteiger partial charge in [0.15, 0.2) is 0 Å². The number of aryl methyl sites for hydroxylation is 1. The normalized spacial score (nSPS) is 24.2. The lowest BCUT2D eigenvalue weighted by atomic mass is 9.94. The van der Waals surface area contributed by atoms with Crippen molar-refractivity contribution in [3.8, 4) is 0 Å². The second kappa shape index (κ2) is 6.02. The van der Waals surface area contributed by atoms with Gasteiger partial charge in [-0.2, -0.15) is 4.31 Å². The Bertz CT molecular complexity index is 621. The zero-order valence-electron chi connectivity index (χ0n) is 12.8. The Balaban J connectivity index is 2.42. The van der Waals surface area contributed by atoms with Crippen molar-refractivity contribution in [1.29, 1.82) is 0 Å². The first-order valence-electron chi connectivity index (χ1n) is 7.25. The molecule has 1 fully saturated rings. The van der Waals surface area contributed by atoms with Crippen LogP contribution in [0.15, 0.2) is 17.0 Å². The maximum absolute atomic E-state index is 13.8. The topological polar surface area (TPSA) is 63.4 Å². The fraction of sp³-hybridized carbons (Fsp3) is 0.600. The molecule has 0 aliphatic carbocycles. The highest BCUT2D eigenvalue weighted by Crippen LogP contribution is 2.28. The van der Waals surface area contributed by atoms with Gasteiger partial charge in [0.2, 0.25) is 10.0 Å². The Kier molecular flexibility index (Phi) is 4.70. The molecular formula is C15H23FN2O2S. The second-order valence-corrected chi connectivity index (χ2v) is 8.12. The standard InChI is InChI=1S/C15H23FN2O2S/c1-10-4-11(2)9-18(8-10)21(19,20)14-5-12(3)15(16)13(6-14)7-17/h5-6,10-11H,4,7-9,17H2,1-3H3. The minimum absolute atomic E-state index is 0.0111. The van der Waals surface area contributed by atoms with E-state index in [1.54, 1.807) is 6.92 Å². The van der Waals surface area contributed by atoms with Gasteiger partial charge in [-0.1, -0.05) is 13.8 Å². The molecule has 2 atom stereocenters. The maximum atomic E-state index is 13.8. The van der Waals surface area contributed by atoms with Gasteiger partial charge in [-0.15, -0.1) is 0 Å². The van der Waals surface area contributed by atoms with Crippen molar-refractivity contribution in [3.63, 3.8) is 0 Å². The van der Waals surface area contributed by atoms with Crippen LogP contribution in [0.1, 0.15) is 31.4 Å². The van der Waals surface area contributed by atoms with E-state index in [0.29, 0.717) is 30.5 Å². The fourth-order valence-electron chi connectivity index (χ4n) is 3.06. The molecule has 2 unspecified atom stereocenters. The van der Waals surface area contributed by atoms with Gasteiger partial charge in [0, 0.05) is 25.2 Å². The van der Waals surface area contributed by atoms with Gasteiger partial charge in [-0.05, 0) is 42.9 Å². The van der Waals surface area contributed by atoms with Crippen LogP contribution < -0.4 is 5.73 Å². The van der Waals surface area contributed by atoms with E-state index in [0.717, 1.165) is 6.42 Å². The van der Waals surface area contributed by atoms with E-state index < -0.39 is 15.8 Å². The van der Waals surface area contributed by atoms with Crippen molar-refractivity contribution in [2.75, 3.05) is 13.1 Å². The first-order chi connectivity index (χ1) is 9.75. The van der Waals surface area contributed by atoms with Crippen LogP contribution in [0.4, 0.5) is 4.39 Å². The molecule has 0 saturated carbocycles. The lowest BCUT2D eigenvalue weighted by molar-refractivity contribution is 0.222. The summed E-state index contributed by atoms with van der Waals surface area (Å²) in [6.07, 6.45) is 1.03. The third-order valence-electron chi connectivity index (χ3n) is 4.00. The molecule has 6 heteroatoms. The van der Waals surface area contributed by atoms with Crippen LogP contribution in [-0.4, -0.2) is 25.8 Å². The Hall–Kier alpha value is -0.980. The number of hydrogen-bond donors (Lipinski definition) is 1. The predicted octanol–water partition coefficient (Wildman–Crippen LogP) is 2.26. The largest absolute Gasteiger partial charge is 0.326 e. The number of sulfonamides is 1. The van der Waals surface area contributed by atoms with Crippen LogP contribution in [0.2, 0.25) is 0 Å². The molecule has 0 radical (unpaired) electrons. The number of hydrogen-bond acceptors (Lipinski definition) is 3. The summed E-state index contributed by atoms with van der Waals surface area (Å²) >= 11 is 0. The van der Waals surface area contributed by atoms with Crippen molar-refractivity contribution in [3.05, 3.63) is 29.1 Å². The minimum Gasteiger partial charge on any atom is -0.326 e. The molecule has 1 aromatic carbocycles. The first kappa shape index (κ1) is 16.4. The first-order valence-corrected chi connectivity index (χ1v) is 8.69. The molecule has 0 aromatic heterocycles. The van der Waals surface area contributed by atoms with Crippen LogP contribution in [0, 0.1) is 24.6 Å². The Labute approximate surface area is 126 Å². The van der Waals surface area contributed by atoms with Gasteiger partial charge in [-0.25, -0.2) is 12.8 Å². The Morgan fingerprint density at radius 2 is 1.86 bits per heavy atom. The van der Waals surface area contributed by atoms with E-state index in [2.05, 4.69) is 13.8 Å². The quantitative estimate of drug-likeness (QED) is 0.931. The molecule has 1 aliphatic heterocycles. The highest BCUT2D eigenvalue weighted by atomic mass is 32.2. The molecule has 1 saturated heterocycles. The van der Waals surface area contributed by atoms with Gasteiger partial charge < -0.3 is 5.73 Å². The summed E-state index contributed by atoms with van der Waals surface area (Å²) in [6, 6.07) is 2.76. The highest BCUT2D eigenvalue weighted by Gasteiger charge is 2.32. The van der Waals surface area contributed by atoms with Crippen LogP contribution in [0.3, 0.4) is 0 Å². The smallest absolute Gasteiger partial charge is 0.243 e. The van der Waals surface area contributed by atoms with E-state index in [1.165, 1.54) is 16.4 Å². The predicted molar refractivity (Wildman–Crippen MR) is 80.7 cm³/mol. The Morgan fingerprint density at radius 3 is 2.38 bits per heavy atom. The molecule has 0 spiro atoms. The Morgan fingerprint density at radius 1 is 1.29 bits per heavy atom. The van der Waals surface area contributed by atoms with E-state index >= 15 is 0 Å². The van der Waals surface area contributed by atoms with Gasteiger partial charge in [0.1, 0.15) is 5.82 Å². The number of benzene rings is 1. The summed E-state index contributed by atoms with van der Waals surface area (Å²) < 4.78 is 40.9. The number of halogens is 1. The van der Waals surface area contributed by atoms with Crippen molar-refractivity contribution in [1.82, 2.24) is 4.31 Å². The zero-order chi connectivity index (χ0) is 15.8. The monoisotopic (exact) mass is 314 g/mol. The highest BCUT2D eigenvalue weighted by molar-refractivity contribution is 7.89. The number of piperidine rings is 1.